The highest BCUT2D eigenvalue weighted by molar-refractivity contribution is 6.36. The van der Waals surface area contributed by atoms with E-state index in [1.807, 2.05) is 0 Å². The fourth-order valence-electron chi connectivity index (χ4n) is 8.64. The number of aromatic hydroxyl groups is 1. The summed E-state index contributed by atoms with van der Waals surface area (Å²) in [4.78, 5) is 4.61. The highest BCUT2D eigenvalue weighted by Gasteiger charge is 2.64. The van der Waals surface area contributed by atoms with Crippen LogP contribution in [0.25, 0.3) is 0 Å². The molecule has 4 aliphatic rings. The van der Waals surface area contributed by atoms with Crippen LogP contribution >= 0.6 is 23.2 Å². The van der Waals surface area contributed by atoms with E-state index in [1.54, 1.807) is 12.3 Å². The van der Waals surface area contributed by atoms with Crippen LogP contribution in [-0.4, -0.2) is 28.6 Å². The van der Waals surface area contributed by atoms with Gasteiger partial charge in [-0.2, -0.15) is 0 Å². The fourth-order valence-corrected chi connectivity index (χ4v) is 9.15. The van der Waals surface area contributed by atoms with Crippen molar-refractivity contribution in [1.82, 2.24) is 0 Å². The van der Waals surface area contributed by atoms with Crippen LogP contribution in [-0.2, 0) is 0 Å². The second-order valence-electron chi connectivity index (χ2n) is 11.7. The van der Waals surface area contributed by atoms with Gasteiger partial charge in [0, 0.05) is 22.2 Å². The molecular weight excluding hydrogens is 441 g/mol. The van der Waals surface area contributed by atoms with Crippen LogP contribution in [0.4, 0.5) is 0 Å². The highest BCUT2D eigenvalue weighted by Crippen LogP contribution is 2.68. The summed E-state index contributed by atoms with van der Waals surface area (Å²) in [6, 6.07) is 3.18. The molecule has 5 rings (SSSR count). The molecule has 0 amide bonds. The first kappa shape index (κ1) is 23.0. The number of rotatable bonds is 3. The minimum Gasteiger partial charge on any atom is -0.506 e. The number of hydrogen-bond donors (Lipinski definition) is 2. The first-order valence-electron chi connectivity index (χ1n) is 12.6. The maximum atomic E-state index is 11.9. The lowest BCUT2D eigenvalue weighted by Crippen LogP contribution is -2.56. The lowest BCUT2D eigenvalue weighted by atomic mass is 9.44. The van der Waals surface area contributed by atoms with Crippen LogP contribution in [0.1, 0.15) is 83.6 Å². The zero-order chi connectivity index (χ0) is 22.7. The molecule has 0 aromatic heterocycles. The van der Waals surface area contributed by atoms with Crippen molar-refractivity contribution >= 4 is 29.4 Å². The summed E-state index contributed by atoms with van der Waals surface area (Å²) in [6.07, 6.45) is 14.3. The molecule has 1 aromatic carbocycles. The Morgan fingerprint density at radius 1 is 1.00 bits per heavy atom. The van der Waals surface area contributed by atoms with E-state index in [9.17, 15) is 10.2 Å². The summed E-state index contributed by atoms with van der Waals surface area (Å²) in [5.74, 6) is 3.08. The first-order chi connectivity index (χ1) is 15.2. The van der Waals surface area contributed by atoms with Crippen LogP contribution in [0, 0.1) is 34.5 Å². The summed E-state index contributed by atoms with van der Waals surface area (Å²) < 4.78 is 0. The number of halogens is 2. The Morgan fingerprint density at radius 3 is 2.59 bits per heavy atom. The normalized spacial score (nSPS) is 43.7. The SMILES string of the molecule is C[C@]12CCCC[C@H]1CC[C@@H]1[C@H]3CC[C@](O)(CN=Cc4cc(Cl)cc(Cl)c4O)[C@]3(C)CC[C@@H]12. The molecule has 4 fully saturated rings. The molecule has 32 heavy (non-hydrogen) atoms. The third kappa shape index (κ3) is 3.45. The van der Waals surface area contributed by atoms with Gasteiger partial charge in [0.15, 0.2) is 0 Å². The molecule has 5 heteroatoms. The fraction of sp³-hybridized carbons (Fsp3) is 0.741. The van der Waals surface area contributed by atoms with Gasteiger partial charge in [-0.25, -0.2) is 0 Å². The van der Waals surface area contributed by atoms with Gasteiger partial charge in [0.05, 0.1) is 17.2 Å². The Morgan fingerprint density at radius 2 is 1.78 bits per heavy atom. The van der Waals surface area contributed by atoms with Gasteiger partial charge in [-0.05, 0) is 92.6 Å². The van der Waals surface area contributed by atoms with E-state index >= 15 is 0 Å². The molecule has 0 unspecified atom stereocenters. The molecule has 0 bridgehead atoms. The van der Waals surface area contributed by atoms with Crippen molar-refractivity contribution in [3.63, 3.8) is 0 Å². The summed E-state index contributed by atoms with van der Waals surface area (Å²) in [5, 5.41) is 22.8. The minimum absolute atomic E-state index is 0.0136. The Labute approximate surface area is 202 Å². The number of phenols is 1. The smallest absolute Gasteiger partial charge is 0.143 e. The minimum atomic E-state index is -0.790. The van der Waals surface area contributed by atoms with Crippen LogP contribution in [0.5, 0.6) is 5.75 Å². The summed E-state index contributed by atoms with van der Waals surface area (Å²) in [5.41, 5.74) is 0.141. The molecule has 0 aliphatic heterocycles. The Hall–Kier alpha value is -0.770. The average Bonchev–Trinajstić information content (AvgIpc) is 3.02. The predicted molar refractivity (Wildman–Crippen MR) is 132 cm³/mol. The molecule has 0 spiro atoms. The Balaban J connectivity index is 1.35. The molecule has 4 aliphatic carbocycles. The number of hydrogen-bond acceptors (Lipinski definition) is 3. The Bertz CT molecular complexity index is 919. The van der Waals surface area contributed by atoms with Crippen molar-refractivity contribution in [2.24, 2.45) is 39.5 Å². The van der Waals surface area contributed by atoms with Gasteiger partial charge in [0.2, 0.25) is 0 Å². The highest BCUT2D eigenvalue weighted by atomic mass is 35.5. The molecule has 3 nitrogen and oxygen atoms in total. The molecule has 0 radical (unpaired) electrons. The van der Waals surface area contributed by atoms with Crippen molar-refractivity contribution in [2.45, 2.75) is 83.7 Å². The monoisotopic (exact) mass is 477 g/mol. The van der Waals surface area contributed by atoms with Gasteiger partial charge in [-0.3, -0.25) is 4.99 Å². The second kappa shape index (κ2) is 8.17. The molecule has 4 saturated carbocycles. The van der Waals surface area contributed by atoms with Gasteiger partial charge >= 0.3 is 0 Å². The van der Waals surface area contributed by atoms with E-state index in [0.717, 1.165) is 37.0 Å². The number of nitrogens with zero attached hydrogens (tertiary/aromatic N) is 1. The molecule has 7 atom stereocenters. The Kier molecular flexibility index (Phi) is 5.87. The summed E-state index contributed by atoms with van der Waals surface area (Å²) >= 11 is 12.1. The largest absolute Gasteiger partial charge is 0.506 e. The van der Waals surface area contributed by atoms with Gasteiger partial charge in [0.25, 0.3) is 0 Å². The van der Waals surface area contributed by atoms with E-state index in [2.05, 4.69) is 18.8 Å². The van der Waals surface area contributed by atoms with Crippen LogP contribution < -0.4 is 0 Å². The van der Waals surface area contributed by atoms with E-state index in [0.29, 0.717) is 28.5 Å². The van der Waals surface area contributed by atoms with Crippen LogP contribution in [0.3, 0.4) is 0 Å². The number of aliphatic hydroxyl groups is 1. The zero-order valence-corrected chi connectivity index (χ0v) is 20.9. The number of benzene rings is 1. The van der Waals surface area contributed by atoms with Crippen molar-refractivity contribution in [1.29, 1.82) is 0 Å². The molecule has 2 N–H and O–H groups in total. The van der Waals surface area contributed by atoms with Crippen LogP contribution in [0.15, 0.2) is 17.1 Å². The van der Waals surface area contributed by atoms with Crippen molar-refractivity contribution < 1.29 is 10.2 Å². The van der Waals surface area contributed by atoms with Crippen LogP contribution in [0.2, 0.25) is 10.0 Å². The number of phenolic OH excluding ortho intramolecular Hbond substituents is 1. The third-order valence-corrected chi connectivity index (χ3v) is 11.1. The third-order valence-electron chi connectivity index (χ3n) is 10.5. The molecule has 0 heterocycles. The molecular formula is C27H37Cl2NO2. The van der Waals surface area contributed by atoms with Gasteiger partial charge in [-0.15, -0.1) is 0 Å². The molecule has 1 aromatic rings. The van der Waals surface area contributed by atoms with Crippen molar-refractivity contribution in [3.8, 4) is 5.75 Å². The lowest BCUT2D eigenvalue weighted by molar-refractivity contribution is -0.147. The standard InChI is InChI=1S/C27H37Cl2NO2/c1-25-10-4-3-5-18(25)6-7-20-21(25)8-11-26(2)22(20)9-12-27(26,32)16-30-15-17-13-19(28)14-23(29)24(17)31/h13-15,18,20-22,31-32H,3-12,16H2,1-2H3/t18-,20-,21-,22+,25-,26+,27-/m0/s1. The quantitative estimate of drug-likeness (QED) is 0.449. The van der Waals surface area contributed by atoms with E-state index in [-0.39, 0.29) is 16.2 Å². The maximum Gasteiger partial charge on any atom is 0.143 e. The maximum absolute atomic E-state index is 11.9. The van der Waals surface area contributed by atoms with Gasteiger partial charge in [0.1, 0.15) is 5.75 Å². The van der Waals surface area contributed by atoms with E-state index < -0.39 is 5.60 Å². The summed E-state index contributed by atoms with van der Waals surface area (Å²) in [7, 11) is 0. The van der Waals surface area contributed by atoms with Gasteiger partial charge in [-0.1, -0.05) is 49.9 Å². The zero-order valence-electron chi connectivity index (χ0n) is 19.4. The predicted octanol–water partition coefficient (Wildman–Crippen LogP) is 7.28. The van der Waals surface area contributed by atoms with Crippen molar-refractivity contribution in [2.75, 3.05) is 6.54 Å². The number of fused-ring (bicyclic) bond motifs is 5. The molecule has 176 valence electrons. The van der Waals surface area contributed by atoms with Gasteiger partial charge < -0.3 is 10.2 Å². The van der Waals surface area contributed by atoms with E-state index in [1.165, 1.54) is 51.0 Å². The van der Waals surface area contributed by atoms with Crippen molar-refractivity contribution in [3.05, 3.63) is 27.7 Å². The topological polar surface area (TPSA) is 52.8 Å². The average molecular weight is 479 g/mol. The van der Waals surface area contributed by atoms with E-state index in [4.69, 9.17) is 23.2 Å². The second-order valence-corrected chi connectivity index (χ2v) is 12.6. The lowest BCUT2D eigenvalue weighted by Gasteiger charge is -2.61. The number of aliphatic imine (C=N–C) groups is 1. The first-order valence-corrected chi connectivity index (χ1v) is 13.3. The molecule has 0 saturated heterocycles. The summed E-state index contributed by atoms with van der Waals surface area (Å²) in [6.45, 7) is 5.30.